The maximum absolute atomic E-state index is 11.5. The first-order valence-corrected chi connectivity index (χ1v) is 9.30. The van der Waals surface area contributed by atoms with Crippen LogP contribution in [0.2, 0.25) is 5.02 Å². The van der Waals surface area contributed by atoms with Crippen LogP contribution in [0.25, 0.3) is 10.4 Å². The third kappa shape index (κ3) is 4.81. The van der Waals surface area contributed by atoms with Crippen molar-refractivity contribution in [2.45, 2.75) is 38.2 Å². The van der Waals surface area contributed by atoms with Crippen LogP contribution in [-0.4, -0.2) is 42.3 Å². The van der Waals surface area contributed by atoms with E-state index in [2.05, 4.69) is 16.9 Å². The van der Waals surface area contributed by atoms with Gasteiger partial charge in [0.05, 0.1) is 12.2 Å². The van der Waals surface area contributed by atoms with Crippen molar-refractivity contribution in [1.82, 2.24) is 4.90 Å². The summed E-state index contributed by atoms with van der Waals surface area (Å²) >= 11 is 6.23. The standard InChI is InChI=1S/C18H25ClN4O3/c1-2-8-18(26-11-9-21-22-20,14-5-3-7-16(19)12-14)15-6-4-10-23(13-15)17(24)25/h3,5,7,12,15H,2,4,6,8-11,13H2,1H3,(H,24,25). The minimum Gasteiger partial charge on any atom is -0.465 e. The minimum absolute atomic E-state index is 0.0110. The summed E-state index contributed by atoms with van der Waals surface area (Å²) in [5.74, 6) is 0.0110. The van der Waals surface area contributed by atoms with Crippen LogP contribution in [0.5, 0.6) is 0 Å². The number of benzene rings is 1. The summed E-state index contributed by atoms with van der Waals surface area (Å²) in [4.78, 5) is 15.7. The summed E-state index contributed by atoms with van der Waals surface area (Å²) < 4.78 is 6.34. The first-order valence-electron chi connectivity index (χ1n) is 8.92. The number of rotatable bonds is 8. The molecule has 2 unspecified atom stereocenters. The molecule has 0 aromatic heterocycles. The van der Waals surface area contributed by atoms with E-state index >= 15 is 0 Å². The van der Waals surface area contributed by atoms with E-state index in [4.69, 9.17) is 21.9 Å². The molecule has 2 rings (SSSR count). The highest BCUT2D eigenvalue weighted by molar-refractivity contribution is 6.30. The number of ether oxygens (including phenoxy) is 1. The highest BCUT2D eigenvalue weighted by atomic mass is 35.5. The van der Waals surface area contributed by atoms with E-state index in [0.717, 1.165) is 31.2 Å². The van der Waals surface area contributed by atoms with Crippen molar-refractivity contribution in [3.63, 3.8) is 0 Å². The number of likely N-dealkylation sites (tertiary alicyclic amines) is 1. The molecule has 0 saturated carbocycles. The van der Waals surface area contributed by atoms with E-state index < -0.39 is 11.7 Å². The first-order chi connectivity index (χ1) is 12.5. The average Bonchev–Trinajstić information content (AvgIpc) is 2.64. The number of nitrogens with zero attached hydrogens (tertiary/aromatic N) is 4. The van der Waals surface area contributed by atoms with Crippen LogP contribution in [-0.2, 0) is 10.3 Å². The molecule has 1 amide bonds. The van der Waals surface area contributed by atoms with Gasteiger partial charge >= 0.3 is 6.09 Å². The Morgan fingerprint density at radius 3 is 3.04 bits per heavy atom. The number of carboxylic acid groups (broad SMARTS) is 1. The zero-order chi connectivity index (χ0) is 19.0. The van der Waals surface area contributed by atoms with Crippen LogP contribution >= 0.6 is 11.6 Å². The summed E-state index contributed by atoms with van der Waals surface area (Å²) in [6.07, 6.45) is 2.38. The van der Waals surface area contributed by atoms with Gasteiger partial charge in [-0.05, 0) is 42.5 Å². The van der Waals surface area contributed by atoms with Gasteiger partial charge in [0.2, 0.25) is 0 Å². The van der Waals surface area contributed by atoms with Crippen molar-refractivity contribution in [3.8, 4) is 0 Å². The zero-order valence-electron chi connectivity index (χ0n) is 15.0. The number of piperidine rings is 1. The molecule has 0 spiro atoms. The fraction of sp³-hybridized carbons (Fsp3) is 0.611. The SMILES string of the molecule is CCCC(OCCN=[N+]=[N-])(c1cccc(Cl)c1)C1CCCN(C(=O)O)C1. The lowest BCUT2D eigenvalue weighted by Gasteiger charge is -2.45. The average molecular weight is 381 g/mol. The third-order valence-corrected chi connectivity index (χ3v) is 5.14. The lowest BCUT2D eigenvalue weighted by Crippen LogP contribution is -2.49. The Morgan fingerprint density at radius 2 is 2.38 bits per heavy atom. The van der Waals surface area contributed by atoms with Gasteiger partial charge < -0.3 is 14.7 Å². The maximum Gasteiger partial charge on any atom is 0.407 e. The molecule has 0 aliphatic carbocycles. The second kappa shape index (κ2) is 9.67. The molecule has 1 fully saturated rings. The quantitative estimate of drug-likeness (QED) is 0.295. The smallest absolute Gasteiger partial charge is 0.407 e. The number of halogens is 1. The van der Waals surface area contributed by atoms with E-state index in [0.29, 0.717) is 18.1 Å². The van der Waals surface area contributed by atoms with Crippen molar-refractivity contribution in [1.29, 1.82) is 0 Å². The maximum atomic E-state index is 11.5. The third-order valence-electron chi connectivity index (χ3n) is 4.90. The predicted octanol–water partition coefficient (Wildman–Crippen LogP) is 5.05. The fourth-order valence-corrected chi connectivity index (χ4v) is 4.02. The van der Waals surface area contributed by atoms with Crippen LogP contribution < -0.4 is 0 Å². The van der Waals surface area contributed by atoms with Gasteiger partial charge in [0.15, 0.2) is 0 Å². The van der Waals surface area contributed by atoms with Crippen molar-refractivity contribution >= 4 is 17.7 Å². The molecule has 26 heavy (non-hydrogen) atoms. The molecule has 7 nitrogen and oxygen atoms in total. The minimum atomic E-state index is -0.903. The van der Waals surface area contributed by atoms with Gasteiger partial charge in [-0.2, -0.15) is 0 Å². The summed E-state index contributed by atoms with van der Waals surface area (Å²) in [5.41, 5.74) is 8.81. The van der Waals surface area contributed by atoms with E-state index in [9.17, 15) is 9.90 Å². The van der Waals surface area contributed by atoms with Crippen molar-refractivity contribution in [2.24, 2.45) is 11.0 Å². The zero-order valence-corrected chi connectivity index (χ0v) is 15.7. The Labute approximate surface area is 158 Å². The lowest BCUT2D eigenvalue weighted by atomic mass is 9.74. The lowest BCUT2D eigenvalue weighted by molar-refractivity contribution is -0.112. The molecule has 0 radical (unpaired) electrons. The van der Waals surface area contributed by atoms with Gasteiger partial charge in [0.1, 0.15) is 0 Å². The summed E-state index contributed by atoms with van der Waals surface area (Å²) in [6.45, 7) is 3.55. The highest BCUT2D eigenvalue weighted by Gasteiger charge is 2.43. The van der Waals surface area contributed by atoms with Gasteiger partial charge in [0.25, 0.3) is 0 Å². The second-order valence-corrected chi connectivity index (χ2v) is 6.96. The van der Waals surface area contributed by atoms with Crippen LogP contribution in [0.4, 0.5) is 4.79 Å². The van der Waals surface area contributed by atoms with Gasteiger partial charge in [-0.15, -0.1) is 0 Å². The molecule has 142 valence electrons. The van der Waals surface area contributed by atoms with E-state index in [-0.39, 0.29) is 19.1 Å². The molecule has 1 N–H and O–H groups in total. The van der Waals surface area contributed by atoms with Crippen LogP contribution in [0.1, 0.15) is 38.2 Å². The molecule has 2 atom stereocenters. The van der Waals surface area contributed by atoms with E-state index in [1.807, 2.05) is 24.3 Å². The fourth-order valence-electron chi connectivity index (χ4n) is 3.83. The number of amides is 1. The van der Waals surface area contributed by atoms with Crippen LogP contribution in [0.3, 0.4) is 0 Å². The second-order valence-electron chi connectivity index (χ2n) is 6.52. The normalized spacial score (nSPS) is 19.5. The molecule has 1 saturated heterocycles. The summed E-state index contributed by atoms with van der Waals surface area (Å²) in [5, 5.41) is 13.6. The Balaban J connectivity index is 2.39. The van der Waals surface area contributed by atoms with Crippen LogP contribution in [0.15, 0.2) is 29.4 Å². The molecular weight excluding hydrogens is 356 g/mol. The number of carbonyl (C=O) groups is 1. The van der Waals surface area contributed by atoms with E-state index in [1.54, 1.807) is 0 Å². The van der Waals surface area contributed by atoms with E-state index in [1.165, 1.54) is 4.90 Å². The van der Waals surface area contributed by atoms with Gasteiger partial charge in [-0.25, -0.2) is 4.79 Å². The number of azide groups is 1. The molecule has 1 heterocycles. The molecule has 1 aliphatic heterocycles. The summed E-state index contributed by atoms with van der Waals surface area (Å²) in [7, 11) is 0. The number of hydrogen-bond donors (Lipinski definition) is 1. The van der Waals surface area contributed by atoms with Crippen LogP contribution in [0, 0.1) is 5.92 Å². The monoisotopic (exact) mass is 380 g/mol. The van der Waals surface area contributed by atoms with Gasteiger partial charge in [-0.3, -0.25) is 0 Å². The number of hydrogen-bond acceptors (Lipinski definition) is 3. The first kappa shape index (κ1) is 20.4. The van der Waals surface area contributed by atoms with Crippen molar-refractivity contribution in [2.75, 3.05) is 26.2 Å². The Morgan fingerprint density at radius 1 is 1.58 bits per heavy atom. The Hall–Kier alpha value is -1.95. The Bertz CT molecular complexity index is 666. The molecule has 8 heteroatoms. The predicted molar refractivity (Wildman–Crippen MR) is 100 cm³/mol. The molecular formula is C18H25ClN4O3. The largest absolute Gasteiger partial charge is 0.465 e. The highest BCUT2D eigenvalue weighted by Crippen LogP contribution is 2.43. The summed E-state index contributed by atoms with van der Waals surface area (Å²) in [6, 6.07) is 7.57. The molecule has 1 aromatic rings. The molecule has 1 aromatic carbocycles. The van der Waals surface area contributed by atoms with Crippen molar-refractivity contribution in [3.05, 3.63) is 45.3 Å². The van der Waals surface area contributed by atoms with Gasteiger partial charge in [-0.1, -0.05) is 42.2 Å². The molecule has 0 bridgehead atoms. The topological polar surface area (TPSA) is 98.5 Å². The molecule has 1 aliphatic rings. The van der Waals surface area contributed by atoms with Crippen molar-refractivity contribution < 1.29 is 14.6 Å². The van der Waals surface area contributed by atoms with Gasteiger partial charge in [0, 0.05) is 35.5 Å². The Kier molecular flexibility index (Phi) is 7.57.